The van der Waals surface area contributed by atoms with Crippen LogP contribution in [0.3, 0.4) is 0 Å². The highest BCUT2D eigenvalue weighted by molar-refractivity contribution is 5.95. The highest BCUT2D eigenvalue weighted by Gasteiger charge is 2.22. The minimum absolute atomic E-state index is 0.194. The summed E-state index contributed by atoms with van der Waals surface area (Å²) in [6.07, 6.45) is 3.51. The van der Waals surface area contributed by atoms with Gasteiger partial charge < -0.3 is 11.1 Å². The molecule has 0 bridgehead atoms. The van der Waals surface area contributed by atoms with Crippen molar-refractivity contribution in [1.82, 2.24) is 10.3 Å². The maximum Gasteiger partial charge on any atom is 0.271 e. The van der Waals surface area contributed by atoms with Crippen molar-refractivity contribution < 1.29 is 4.79 Å². The lowest BCUT2D eigenvalue weighted by Crippen LogP contribution is -2.43. The average molecular weight is 259 g/mol. The summed E-state index contributed by atoms with van der Waals surface area (Å²) in [5.74, 6) is 5.42. The van der Waals surface area contributed by atoms with Gasteiger partial charge in [0.1, 0.15) is 5.69 Å². The number of pyridine rings is 1. The zero-order chi connectivity index (χ0) is 14.3. The highest BCUT2D eigenvalue weighted by atomic mass is 16.2. The molecule has 0 aliphatic rings. The van der Waals surface area contributed by atoms with E-state index in [2.05, 4.69) is 29.1 Å². The molecule has 4 heteroatoms. The minimum Gasteiger partial charge on any atom is -0.346 e. The summed E-state index contributed by atoms with van der Waals surface area (Å²) in [4.78, 5) is 16.4. The predicted octanol–water partition coefficient (Wildman–Crippen LogP) is 1.70. The van der Waals surface area contributed by atoms with Crippen LogP contribution in [0.2, 0.25) is 0 Å². The van der Waals surface area contributed by atoms with E-state index in [4.69, 9.17) is 5.73 Å². The summed E-state index contributed by atoms with van der Waals surface area (Å²) in [5.41, 5.74) is 6.06. The molecule has 0 saturated carbocycles. The van der Waals surface area contributed by atoms with Gasteiger partial charge in [-0.1, -0.05) is 25.2 Å². The van der Waals surface area contributed by atoms with Crippen LogP contribution in [0.1, 0.15) is 49.7 Å². The van der Waals surface area contributed by atoms with Crippen molar-refractivity contribution in [2.24, 2.45) is 5.73 Å². The summed E-state index contributed by atoms with van der Waals surface area (Å²) >= 11 is 0. The average Bonchev–Trinajstić information content (AvgIpc) is 2.36. The first-order valence-electron chi connectivity index (χ1n) is 6.46. The molecule has 0 saturated heterocycles. The van der Waals surface area contributed by atoms with Gasteiger partial charge in [0.05, 0.1) is 12.1 Å². The van der Waals surface area contributed by atoms with E-state index in [0.29, 0.717) is 11.3 Å². The van der Waals surface area contributed by atoms with Crippen molar-refractivity contribution >= 4 is 5.91 Å². The Morgan fingerprint density at radius 2 is 2.26 bits per heavy atom. The van der Waals surface area contributed by atoms with E-state index < -0.39 is 0 Å². The van der Waals surface area contributed by atoms with Gasteiger partial charge in [0.2, 0.25) is 0 Å². The van der Waals surface area contributed by atoms with Crippen molar-refractivity contribution in [3.05, 3.63) is 29.6 Å². The fraction of sp³-hybridized carbons (Fsp3) is 0.467. The summed E-state index contributed by atoms with van der Waals surface area (Å²) in [5, 5.41) is 2.99. The summed E-state index contributed by atoms with van der Waals surface area (Å²) in [7, 11) is 0. The molecule has 1 amide bonds. The number of hydrogen-bond acceptors (Lipinski definition) is 3. The number of carbonyl (C=O) groups is 1. The summed E-state index contributed by atoms with van der Waals surface area (Å²) < 4.78 is 0. The van der Waals surface area contributed by atoms with Gasteiger partial charge >= 0.3 is 0 Å². The van der Waals surface area contributed by atoms with Crippen LogP contribution in [0.15, 0.2) is 18.3 Å². The number of hydrogen-bond donors (Lipinski definition) is 2. The zero-order valence-electron chi connectivity index (χ0n) is 11.8. The van der Waals surface area contributed by atoms with Crippen LogP contribution in [0.25, 0.3) is 0 Å². The second kappa shape index (κ2) is 6.91. The van der Waals surface area contributed by atoms with E-state index in [9.17, 15) is 4.79 Å². The molecule has 1 aromatic rings. The van der Waals surface area contributed by atoms with Crippen LogP contribution >= 0.6 is 0 Å². The Balaban J connectivity index is 2.94. The molecule has 102 valence electrons. The first-order valence-corrected chi connectivity index (χ1v) is 6.46. The van der Waals surface area contributed by atoms with E-state index in [-0.39, 0.29) is 18.0 Å². The van der Waals surface area contributed by atoms with Crippen LogP contribution < -0.4 is 11.1 Å². The van der Waals surface area contributed by atoms with Gasteiger partial charge in [0.25, 0.3) is 5.91 Å². The molecule has 1 heterocycles. The van der Waals surface area contributed by atoms with E-state index in [1.165, 1.54) is 0 Å². The molecule has 1 rings (SSSR count). The Bertz CT molecular complexity index is 498. The lowest BCUT2D eigenvalue weighted by Gasteiger charge is -2.25. The largest absolute Gasteiger partial charge is 0.346 e. The number of aromatic nitrogens is 1. The van der Waals surface area contributed by atoms with E-state index >= 15 is 0 Å². The molecule has 0 aromatic carbocycles. The fourth-order valence-corrected chi connectivity index (χ4v) is 1.89. The predicted molar refractivity (Wildman–Crippen MR) is 76.6 cm³/mol. The van der Waals surface area contributed by atoms with Crippen molar-refractivity contribution in [3.8, 4) is 11.8 Å². The molecule has 0 unspecified atom stereocenters. The molecule has 19 heavy (non-hydrogen) atoms. The lowest BCUT2D eigenvalue weighted by atomic mass is 9.98. The number of nitrogens with one attached hydrogen (secondary N) is 1. The van der Waals surface area contributed by atoms with Crippen molar-refractivity contribution in [2.75, 3.05) is 6.54 Å². The minimum atomic E-state index is -0.248. The second-order valence-corrected chi connectivity index (χ2v) is 4.99. The van der Waals surface area contributed by atoms with Gasteiger partial charge in [-0.25, -0.2) is 4.98 Å². The summed E-state index contributed by atoms with van der Waals surface area (Å²) in [6, 6.07) is 3.53. The molecule has 1 aromatic heterocycles. The monoisotopic (exact) mass is 259 g/mol. The van der Waals surface area contributed by atoms with Gasteiger partial charge in [-0.05, 0) is 32.4 Å². The van der Waals surface area contributed by atoms with Crippen molar-refractivity contribution in [1.29, 1.82) is 0 Å². The van der Waals surface area contributed by atoms with Gasteiger partial charge in [-0.3, -0.25) is 4.79 Å². The molecule has 3 N–H and O–H groups in total. The molecular weight excluding hydrogens is 238 g/mol. The fourth-order valence-electron chi connectivity index (χ4n) is 1.89. The normalized spacial score (nSPS) is 10.5. The number of nitrogens with two attached hydrogens (primary N) is 1. The molecular formula is C15H21N3O. The highest BCUT2D eigenvalue weighted by Crippen LogP contribution is 2.13. The number of amides is 1. The van der Waals surface area contributed by atoms with Gasteiger partial charge in [0.15, 0.2) is 0 Å². The van der Waals surface area contributed by atoms with Crippen LogP contribution in [0.4, 0.5) is 0 Å². The van der Waals surface area contributed by atoms with E-state index in [1.807, 2.05) is 13.8 Å². The van der Waals surface area contributed by atoms with Gasteiger partial charge in [-0.15, -0.1) is 0 Å². The topological polar surface area (TPSA) is 68.0 Å². The molecule has 4 nitrogen and oxygen atoms in total. The third kappa shape index (κ3) is 4.72. The molecule has 0 fully saturated rings. The SMILES string of the molecule is CCCC(C)(C)NC(=O)c1ncccc1C#CCN. The molecule has 0 radical (unpaired) electrons. The third-order valence-corrected chi connectivity index (χ3v) is 2.67. The smallest absolute Gasteiger partial charge is 0.271 e. The molecule has 0 atom stereocenters. The van der Waals surface area contributed by atoms with Crippen LogP contribution in [-0.2, 0) is 0 Å². The van der Waals surface area contributed by atoms with Crippen molar-refractivity contribution in [3.63, 3.8) is 0 Å². The Morgan fingerprint density at radius 3 is 2.89 bits per heavy atom. The quantitative estimate of drug-likeness (QED) is 0.809. The van der Waals surface area contributed by atoms with Crippen LogP contribution in [-0.4, -0.2) is 23.0 Å². The Labute approximate surface area is 114 Å². The number of carbonyl (C=O) groups excluding carboxylic acids is 1. The lowest BCUT2D eigenvalue weighted by molar-refractivity contribution is 0.0903. The van der Waals surface area contributed by atoms with Gasteiger partial charge in [-0.2, -0.15) is 0 Å². The van der Waals surface area contributed by atoms with Crippen LogP contribution in [0.5, 0.6) is 0 Å². The third-order valence-electron chi connectivity index (χ3n) is 2.67. The maximum atomic E-state index is 12.2. The van der Waals surface area contributed by atoms with E-state index in [1.54, 1.807) is 18.3 Å². The standard InChI is InChI=1S/C15H21N3O/c1-4-9-15(2,3)18-14(19)13-12(7-5-10-16)8-6-11-17-13/h6,8,11H,4,9-10,16H2,1-3H3,(H,18,19). The molecule has 0 aliphatic carbocycles. The Morgan fingerprint density at radius 1 is 1.53 bits per heavy atom. The second-order valence-electron chi connectivity index (χ2n) is 4.99. The Kier molecular flexibility index (Phi) is 5.53. The van der Waals surface area contributed by atoms with E-state index in [0.717, 1.165) is 12.8 Å². The maximum absolute atomic E-state index is 12.2. The Hall–Kier alpha value is -1.86. The van der Waals surface area contributed by atoms with Crippen LogP contribution in [0, 0.1) is 11.8 Å². The first kappa shape index (κ1) is 15.2. The summed E-state index contributed by atoms with van der Waals surface area (Å²) in [6.45, 7) is 6.36. The number of nitrogens with zero attached hydrogens (tertiary/aromatic N) is 1. The zero-order valence-corrected chi connectivity index (χ0v) is 11.8. The van der Waals surface area contributed by atoms with Gasteiger partial charge in [0, 0.05) is 11.7 Å². The molecule has 0 spiro atoms. The first-order chi connectivity index (χ1) is 9.00. The van der Waals surface area contributed by atoms with Crippen molar-refractivity contribution in [2.45, 2.75) is 39.2 Å². The molecule has 0 aliphatic heterocycles. The number of rotatable bonds is 4.